The van der Waals surface area contributed by atoms with Crippen LogP contribution in [-0.4, -0.2) is 33.7 Å². The zero-order valence-corrected chi connectivity index (χ0v) is 13.9. The highest BCUT2D eigenvalue weighted by atomic mass is 32.1. The average molecular weight is 311 g/mol. The molecule has 3 N–H and O–H groups in total. The van der Waals surface area contributed by atoms with Crippen LogP contribution in [-0.2, 0) is 0 Å². The Morgan fingerprint density at radius 1 is 1.43 bits per heavy atom. The summed E-state index contributed by atoms with van der Waals surface area (Å²) in [4.78, 5) is 14.6. The van der Waals surface area contributed by atoms with Crippen molar-refractivity contribution in [3.63, 3.8) is 0 Å². The maximum atomic E-state index is 11.9. The van der Waals surface area contributed by atoms with E-state index in [1.54, 1.807) is 14.2 Å². The van der Waals surface area contributed by atoms with Crippen molar-refractivity contribution in [3.8, 4) is 5.75 Å². The van der Waals surface area contributed by atoms with Crippen LogP contribution in [0.25, 0.3) is 0 Å². The number of nitrogens with zero attached hydrogens (tertiary/aromatic N) is 1. The summed E-state index contributed by atoms with van der Waals surface area (Å²) in [5.74, 6) is 1.19. The van der Waals surface area contributed by atoms with Gasteiger partial charge >= 0.3 is 0 Å². The predicted octanol–water partition coefficient (Wildman–Crippen LogP) is 2.71. The molecule has 5 nitrogen and oxygen atoms in total. The number of carbonyl (C=O) groups excluding carboxylic acids is 1. The van der Waals surface area contributed by atoms with Crippen LogP contribution >= 0.6 is 11.3 Å². The molecule has 0 spiro atoms. The maximum absolute atomic E-state index is 11.9. The number of thiophene rings is 1. The average Bonchev–Trinajstić information content (AvgIpc) is 2.84. The van der Waals surface area contributed by atoms with Crippen molar-refractivity contribution in [3.05, 3.63) is 4.88 Å². The van der Waals surface area contributed by atoms with Crippen molar-refractivity contribution in [2.75, 3.05) is 38.4 Å². The van der Waals surface area contributed by atoms with Crippen LogP contribution in [0.5, 0.6) is 5.75 Å². The standard InChI is InChI=1S/C15H25N3O2S/c1-17-14(19)13-11(16)12(20-3)15(21-13)18(2)9-10-7-5-4-6-8-10/h10H,4-9,16H2,1-3H3,(H,17,19). The number of ether oxygens (including phenoxy) is 1. The molecule has 118 valence electrons. The number of nitrogen functional groups attached to an aromatic ring is 1. The minimum atomic E-state index is -0.159. The molecule has 1 aromatic rings. The Balaban J connectivity index is 2.19. The quantitative estimate of drug-likeness (QED) is 0.877. The van der Waals surface area contributed by atoms with Crippen molar-refractivity contribution in [2.45, 2.75) is 32.1 Å². The van der Waals surface area contributed by atoms with Crippen LogP contribution in [0.3, 0.4) is 0 Å². The van der Waals surface area contributed by atoms with E-state index in [2.05, 4.69) is 17.3 Å². The third-order valence-electron chi connectivity index (χ3n) is 4.12. The highest BCUT2D eigenvalue weighted by molar-refractivity contribution is 7.19. The van der Waals surface area contributed by atoms with Crippen molar-refractivity contribution in [1.29, 1.82) is 0 Å². The lowest BCUT2D eigenvalue weighted by molar-refractivity contribution is 0.0967. The van der Waals surface area contributed by atoms with Crippen LogP contribution in [0, 0.1) is 5.92 Å². The molecule has 1 heterocycles. The lowest BCUT2D eigenvalue weighted by Crippen LogP contribution is -2.26. The number of methoxy groups -OCH3 is 1. The second-order valence-electron chi connectivity index (χ2n) is 5.65. The van der Waals surface area contributed by atoms with E-state index in [4.69, 9.17) is 10.5 Å². The summed E-state index contributed by atoms with van der Waals surface area (Å²) in [6, 6.07) is 0. The first-order valence-electron chi connectivity index (χ1n) is 7.48. The van der Waals surface area contributed by atoms with E-state index in [-0.39, 0.29) is 5.91 Å². The van der Waals surface area contributed by atoms with Crippen molar-refractivity contribution < 1.29 is 9.53 Å². The number of amides is 1. The van der Waals surface area contributed by atoms with Gasteiger partial charge in [-0.05, 0) is 18.8 Å². The fourth-order valence-electron chi connectivity index (χ4n) is 2.99. The molecule has 1 aliphatic rings. The van der Waals surface area contributed by atoms with Crippen molar-refractivity contribution in [2.24, 2.45) is 5.92 Å². The summed E-state index contributed by atoms with van der Waals surface area (Å²) >= 11 is 1.40. The molecule has 0 saturated heterocycles. The Hall–Kier alpha value is -1.43. The fraction of sp³-hybridized carbons (Fsp3) is 0.667. The third-order valence-corrected chi connectivity index (χ3v) is 5.42. The Morgan fingerprint density at radius 2 is 2.10 bits per heavy atom. The van der Waals surface area contributed by atoms with Crippen LogP contribution in [0.15, 0.2) is 0 Å². The monoisotopic (exact) mass is 311 g/mol. The van der Waals surface area contributed by atoms with Gasteiger partial charge < -0.3 is 20.7 Å². The molecule has 1 aromatic heterocycles. The van der Waals surface area contributed by atoms with Gasteiger partial charge in [-0.15, -0.1) is 11.3 Å². The number of nitrogens with one attached hydrogen (secondary N) is 1. The Bertz CT molecular complexity index is 495. The second-order valence-corrected chi connectivity index (χ2v) is 6.65. The highest BCUT2D eigenvalue weighted by Crippen LogP contribution is 2.44. The van der Waals surface area contributed by atoms with Crippen LogP contribution < -0.4 is 20.7 Å². The molecule has 21 heavy (non-hydrogen) atoms. The van der Waals surface area contributed by atoms with E-state index >= 15 is 0 Å². The number of rotatable bonds is 5. The van der Waals surface area contributed by atoms with Gasteiger partial charge in [-0.1, -0.05) is 19.3 Å². The minimum Gasteiger partial charge on any atom is -0.492 e. The molecule has 0 bridgehead atoms. The first-order chi connectivity index (χ1) is 10.1. The first kappa shape index (κ1) is 15.9. The second kappa shape index (κ2) is 7.02. The van der Waals surface area contributed by atoms with Gasteiger partial charge in [-0.2, -0.15) is 0 Å². The molecule has 1 aliphatic carbocycles. The predicted molar refractivity (Wildman–Crippen MR) is 88.5 cm³/mol. The van der Waals surface area contributed by atoms with Crippen molar-refractivity contribution >= 4 is 27.9 Å². The summed E-state index contributed by atoms with van der Waals surface area (Å²) in [6.45, 7) is 0.990. The SMILES string of the molecule is CNC(=O)c1sc(N(C)CC2CCCCC2)c(OC)c1N. The number of anilines is 2. The number of nitrogens with two attached hydrogens (primary N) is 1. The first-order valence-corrected chi connectivity index (χ1v) is 8.29. The van der Waals surface area contributed by atoms with Gasteiger partial charge in [0.25, 0.3) is 5.91 Å². The molecule has 1 fully saturated rings. The van der Waals surface area contributed by atoms with Gasteiger partial charge in [-0.3, -0.25) is 4.79 Å². The highest BCUT2D eigenvalue weighted by Gasteiger charge is 2.25. The van der Waals surface area contributed by atoms with E-state index in [1.165, 1.54) is 43.4 Å². The summed E-state index contributed by atoms with van der Waals surface area (Å²) < 4.78 is 5.43. The molecule has 0 atom stereocenters. The molecule has 1 amide bonds. The lowest BCUT2D eigenvalue weighted by atomic mass is 9.89. The summed E-state index contributed by atoms with van der Waals surface area (Å²) in [7, 11) is 5.26. The zero-order chi connectivity index (χ0) is 15.4. The van der Waals surface area contributed by atoms with Gasteiger partial charge in [0.05, 0.1) is 7.11 Å². The number of hydrogen-bond donors (Lipinski definition) is 2. The molecular weight excluding hydrogens is 286 g/mol. The fourth-order valence-corrected chi connectivity index (χ4v) is 4.09. The molecular formula is C15H25N3O2S. The van der Waals surface area contributed by atoms with Gasteiger partial charge in [0, 0.05) is 20.6 Å². The molecule has 1 saturated carbocycles. The minimum absolute atomic E-state index is 0.159. The Labute approximate surface area is 130 Å². The maximum Gasteiger partial charge on any atom is 0.263 e. The van der Waals surface area contributed by atoms with Gasteiger partial charge in [-0.25, -0.2) is 0 Å². The van der Waals surface area contributed by atoms with Crippen LogP contribution in [0.4, 0.5) is 10.7 Å². The van der Waals surface area contributed by atoms with Crippen LogP contribution in [0.2, 0.25) is 0 Å². The lowest BCUT2D eigenvalue weighted by Gasteiger charge is -2.27. The topological polar surface area (TPSA) is 67.6 Å². The smallest absolute Gasteiger partial charge is 0.263 e. The molecule has 0 aromatic carbocycles. The summed E-state index contributed by atoms with van der Waals surface area (Å²) in [6.07, 6.45) is 6.58. The van der Waals surface area contributed by atoms with E-state index in [0.717, 1.165) is 17.5 Å². The molecule has 0 aliphatic heterocycles. The largest absolute Gasteiger partial charge is 0.492 e. The zero-order valence-electron chi connectivity index (χ0n) is 13.1. The summed E-state index contributed by atoms with van der Waals surface area (Å²) in [5, 5.41) is 3.57. The molecule has 0 radical (unpaired) electrons. The normalized spacial score (nSPS) is 15.8. The van der Waals surface area contributed by atoms with E-state index in [0.29, 0.717) is 16.3 Å². The third kappa shape index (κ3) is 3.43. The van der Waals surface area contributed by atoms with Crippen molar-refractivity contribution in [1.82, 2.24) is 5.32 Å². The molecule has 6 heteroatoms. The molecule has 2 rings (SSSR count). The van der Waals surface area contributed by atoms with Gasteiger partial charge in [0.1, 0.15) is 15.6 Å². The Morgan fingerprint density at radius 3 is 2.67 bits per heavy atom. The van der Waals surface area contributed by atoms with Gasteiger partial charge in [0.2, 0.25) is 0 Å². The van der Waals surface area contributed by atoms with Gasteiger partial charge in [0.15, 0.2) is 5.75 Å². The van der Waals surface area contributed by atoms with E-state index < -0.39 is 0 Å². The van der Waals surface area contributed by atoms with E-state index in [9.17, 15) is 4.79 Å². The number of carbonyl (C=O) groups is 1. The van der Waals surface area contributed by atoms with E-state index in [1.807, 2.05) is 0 Å². The Kier molecular flexibility index (Phi) is 5.33. The number of hydrogen-bond acceptors (Lipinski definition) is 5. The molecule has 0 unspecified atom stereocenters. The summed E-state index contributed by atoms with van der Waals surface area (Å²) in [5.41, 5.74) is 6.50. The van der Waals surface area contributed by atoms with Crippen LogP contribution in [0.1, 0.15) is 41.8 Å².